The number of hydrogen-bond donors (Lipinski definition) is 0. The highest BCUT2D eigenvalue weighted by Gasteiger charge is 2.25. The van der Waals surface area contributed by atoms with Crippen LogP contribution < -0.4 is 4.90 Å². The molecule has 1 saturated heterocycles. The minimum Gasteiger partial charge on any atom is -0.361 e. The Morgan fingerprint density at radius 1 is 1.57 bits per heavy atom. The van der Waals surface area contributed by atoms with Crippen LogP contribution in [0.4, 0.5) is 5.82 Å². The maximum absolute atomic E-state index is 5.32. The summed E-state index contributed by atoms with van der Waals surface area (Å²) in [6, 6.07) is 2.03. The first-order valence-corrected chi connectivity index (χ1v) is 4.73. The predicted octanol–water partition coefficient (Wildman–Crippen LogP) is 1.17. The second-order valence-electron chi connectivity index (χ2n) is 3.44. The van der Waals surface area contributed by atoms with E-state index in [0.717, 1.165) is 24.3 Å². The van der Waals surface area contributed by atoms with Gasteiger partial charge in [-0.2, -0.15) is 5.10 Å². The van der Waals surface area contributed by atoms with Crippen LogP contribution in [-0.2, 0) is 4.74 Å². The minimum atomic E-state index is 0.0473. The maximum Gasteiger partial charge on any atom is 0.153 e. The SMILES string of the molecule is CO[C@H]1[CH]CCN1c1cc(C)cnn1. The molecule has 1 aromatic heterocycles. The average Bonchev–Trinajstić information content (AvgIpc) is 2.65. The Kier molecular flexibility index (Phi) is 2.63. The van der Waals surface area contributed by atoms with Crippen molar-refractivity contribution < 1.29 is 4.74 Å². The van der Waals surface area contributed by atoms with E-state index in [9.17, 15) is 0 Å². The first kappa shape index (κ1) is 9.40. The normalized spacial score (nSPS) is 21.6. The second-order valence-corrected chi connectivity index (χ2v) is 3.44. The maximum atomic E-state index is 5.32. The Balaban J connectivity index is 2.21. The number of ether oxygens (including phenoxy) is 1. The molecule has 14 heavy (non-hydrogen) atoms. The van der Waals surface area contributed by atoms with Gasteiger partial charge < -0.3 is 9.64 Å². The predicted molar refractivity (Wildman–Crippen MR) is 53.8 cm³/mol. The summed E-state index contributed by atoms with van der Waals surface area (Å²) in [5.41, 5.74) is 1.12. The summed E-state index contributed by atoms with van der Waals surface area (Å²) in [6.45, 7) is 2.97. The first-order valence-electron chi connectivity index (χ1n) is 4.73. The molecule has 4 nitrogen and oxygen atoms in total. The molecule has 0 saturated carbocycles. The van der Waals surface area contributed by atoms with E-state index in [4.69, 9.17) is 4.74 Å². The van der Waals surface area contributed by atoms with Crippen LogP contribution in [0.2, 0.25) is 0 Å². The fraction of sp³-hybridized carbons (Fsp3) is 0.500. The highest BCUT2D eigenvalue weighted by Crippen LogP contribution is 2.23. The highest BCUT2D eigenvalue weighted by atomic mass is 16.5. The Hall–Kier alpha value is -1.16. The van der Waals surface area contributed by atoms with Gasteiger partial charge in [-0.1, -0.05) is 0 Å². The summed E-state index contributed by atoms with van der Waals surface area (Å²) in [5.74, 6) is 0.894. The number of anilines is 1. The number of rotatable bonds is 2. The lowest BCUT2D eigenvalue weighted by atomic mass is 10.3. The molecule has 0 spiro atoms. The molecule has 1 fully saturated rings. The van der Waals surface area contributed by atoms with Gasteiger partial charge in [0.05, 0.1) is 6.20 Å². The van der Waals surface area contributed by atoms with Gasteiger partial charge in [0.2, 0.25) is 0 Å². The zero-order valence-electron chi connectivity index (χ0n) is 8.47. The molecule has 4 heteroatoms. The second kappa shape index (κ2) is 3.92. The third kappa shape index (κ3) is 1.70. The molecule has 0 amide bonds. The Morgan fingerprint density at radius 3 is 3.14 bits per heavy atom. The Bertz CT molecular complexity index is 316. The molecule has 1 aromatic rings. The molecule has 1 atom stereocenters. The van der Waals surface area contributed by atoms with Gasteiger partial charge in [-0.25, -0.2) is 0 Å². The summed E-state index contributed by atoms with van der Waals surface area (Å²) in [5, 5.41) is 8.03. The van der Waals surface area contributed by atoms with Crippen molar-refractivity contribution in [2.24, 2.45) is 0 Å². The van der Waals surface area contributed by atoms with E-state index in [2.05, 4.69) is 21.5 Å². The lowest BCUT2D eigenvalue weighted by molar-refractivity contribution is 0.136. The fourth-order valence-electron chi connectivity index (χ4n) is 1.67. The quantitative estimate of drug-likeness (QED) is 0.705. The van der Waals surface area contributed by atoms with Gasteiger partial charge in [-0.15, -0.1) is 5.10 Å². The van der Waals surface area contributed by atoms with E-state index in [1.807, 2.05) is 13.0 Å². The van der Waals surface area contributed by atoms with Crippen molar-refractivity contribution in [3.63, 3.8) is 0 Å². The third-order valence-electron chi connectivity index (χ3n) is 2.36. The van der Waals surface area contributed by atoms with Gasteiger partial charge in [0.1, 0.15) is 6.23 Å². The molecule has 0 unspecified atom stereocenters. The summed E-state index contributed by atoms with van der Waals surface area (Å²) in [4.78, 5) is 2.11. The van der Waals surface area contributed by atoms with Crippen LogP contribution in [0.25, 0.3) is 0 Å². The number of aromatic nitrogens is 2. The lowest BCUT2D eigenvalue weighted by Crippen LogP contribution is -2.31. The van der Waals surface area contributed by atoms with Crippen molar-refractivity contribution in [3.8, 4) is 0 Å². The fourth-order valence-corrected chi connectivity index (χ4v) is 1.67. The lowest BCUT2D eigenvalue weighted by Gasteiger charge is -2.23. The standard InChI is InChI=1S/C10H14N3O/c1-8-6-9(12-11-7-8)13-5-3-4-10(13)14-2/h4,6-7,10H,3,5H2,1-2H3/t10-/m0/s1. The minimum absolute atomic E-state index is 0.0473. The van der Waals surface area contributed by atoms with E-state index in [-0.39, 0.29) is 6.23 Å². The van der Waals surface area contributed by atoms with E-state index >= 15 is 0 Å². The van der Waals surface area contributed by atoms with Crippen LogP contribution in [0.1, 0.15) is 12.0 Å². The van der Waals surface area contributed by atoms with Gasteiger partial charge in [0.15, 0.2) is 5.82 Å². The van der Waals surface area contributed by atoms with E-state index < -0.39 is 0 Å². The Morgan fingerprint density at radius 2 is 2.43 bits per heavy atom. The highest BCUT2D eigenvalue weighted by molar-refractivity contribution is 5.42. The molecule has 0 bridgehead atoms. The van der Waals surface area contributed by atoms with Gasteiger partial charge >= 0.3 is 0 Å². The zero-order chi connectivity index (χ0) is 9.97. The van der Waals surface area contributed by atoms with Gasteiger partial charge in [0.25, 0.3) is 0 Å². The number of nitrogens with zero attached hydrogens (tertiary/aromatic N) is 3. The van der Waals surface area contributed by atoms with E-state index in [1.165, 1.54) is 0 Å². The summed E-state index contributed by atoms with van der Waals surface area (Å²) in [7, 11) is 1.71. The summed E-state index contributed by atoms with van der Waals surface area (Å²) < 4.78 is 5.32. The molecule has 0 N–H and O–H groups in total. The zero-order valence-corrected chi connectivity index (χ0v) is 8.47. The summed E-state index contributed by atoms with van der Waals surface area (Å²) in [6.07, 6.45) is 4.98. The smallest absolute Gasteiger partial charge is 0.153 e. The molecule has 1 aliphatic rings. The van der Waals surface area contributed by atoms with Crippen LogP contribution >= 0.6 is 0 Å². The number of methoxy groups -OCH3 is 1. The van der Waals surface area contributed by atoms with Crippen LogP contribution in [0, 0.1) is 13.3 Å². The molecule has 75 valence electrons. The average molecular weight is 192 g/mol. The third-order valence-corrected chi connectivity index (χ3v) is 2.36. The molecule has 0 aromatic carbocycles. The summed E-state index contributed by atoms with van der Waals surface area (Å²) >= 11 is 0. The first-order chi connectivity index (χ1) is 6.81. The van der Waals surface area contributed by atoms with Crippen LogP contribution in [-0.4, -0.2) is 30.1 Å². The Labute approximate surface area is 83.9 Å². The van der Waals surface area contributed by atoms with Crippen molar-refractivity contribution in [1.29, 1.82) is 0 Å². The van der Waals surface area contributed by atoms with Crippen molar-refractivity contribution in [2.75, 3.05) is 18.6 Å². The molecule has 1 aliphatic heterocycles. The van der Waals surface area contributed by atoms with Crippen LogP contribution in [0.3, 0.4) is 0 Å². The van der Waals surface area contributed by atoms with Crippen molar-refractivity contribution in [2.45, 2.75) is 19.6 Å². The number of hydrogen-bond acceptors (Lipinski definition) is 4. The van der Waals surface area contributed by atoms with E-state index in [1.54, 1.807) is 13.3 Å². The molecule has 2 rings (SSSR count). The van der Waals surface area contributed by atoms with Gasteiger partial charge in [-0.05, 0) is 25.0 Å². The molecule has 1 radical (unpaired) electrons. The monoisotopic (exact) mass is 192 g/mol. The molecule has 2 heterocycles. The van der Waals surface area contributed by atoms with Crippen LogP contribution in [0.5, 0.6) is 0 Å². The van der Waals surface area contributed by atoms with Crippen molar-refractivity contribution >= 4 is 5.82 Å². The molecular formula is C10H14N3O. The number of aryl methyl sites for hydroxylation is 1. The van der Waals surface area contributed by atoms with Gasteiger partial charge in [-0.3, -0.25) is 0 Å². The molecular weight excluding hydrogens is 178 g/mol. The van der Waals surface area contributed by atoms with E-state index in [0.29, 0.717) is 0 Å². The van der Waals surface area contributed by atoms with Gasteiger partial charge in [0, 0.05) is 20.1 Å². The topological polar surface area (TPSA) is 38.2 Å². The molecule has 0 aliphatic carbocycles. The van der Waals surface area contributed by atoms with Crippen molar-refractivity contribution in [1.82, 2.24) is 10.2 Å². The largest absolute Gasteiger partial charge is 0.361 e. The van der Waals surface area contributed by atoms with Crippen LogP contribution in [0.15, 0.2) is 12.3 Å². The van der Waals surface area contributed by atoms with Crippen molar-refractivity contribution in [3.05, 3.63) is 24.2 Å².